The summed E-state index contributed by atoms with van der Waals surface area (Å²) in [4.78, 5) is 26.3. The molecule has 0 fully saturated rings. The number of fused-ring (bicyclic) bond motifs is 4. The minimum absolute atomic E-state index is 0.00526. The van der Waals surface area contributed by atoms with Gasteiger partial charge >= 0.3 is 5.63 Å². The standard InChI is InChI=1S/C23H15ClFNO4S/c1-23(2)14-8-11(24)6-7-15(14)26-17(23)10-16-18(21(26)28)19(27)20(22(29)30-16)31-13-5-3-4-12(25)9-13/h3-10,27H,1-2H3. The Kier molecular flexibility index (Phi) is 4.32. The molecule has 31 heavy (non-hydrogen) atoms. The maximum Gasteiger partial charge on any atom is 0.354 e. The van der Waals surface area contributed by atoms with Gasteiger partial charge in [0, 0.05) is 27.1 Å². The van der Waals surface area contributed by atoms with Gasteiger partial charge in [-0.3, -0.25) is 9.36 Å². The zero-order valence-electron chi connectivity index (χ0n) is 16.4. The number of halogens is 2. The second-order valence-electron chi connectivity index (χ2n) is 7.82. The molecule has 0 bridgehead atoms. The van der Waals surface area contributed by atoms with Crippen molar-refractivity contribution in [3.63, 3.8) is 0 Å². The van der Waals surface area contributed by atoms with Crippen molar-refractivity contribution >= 4 is 34.3 Å². The van der Waals surface area contributed by atoms with Gasteiger partial charge in [-0.25, -0.2) is 9.18 Å². The van der Waals surface area contributed by atoms with Crippen LogP contribution in [0.2, 0.25) is 5.02 Å². The Morgan fingerprint density at radius 1 is 1.13 bits per heavy atom. The van der Waals surface area contributed by atoms with Gasteiger partial charge in [0.2, 0.25) is 0 Å². The first-order valence-corrected chi connectivity index (χ1v) is 10.6. The summed E-state index contributed by atoms with van der Waals surface area (Å²) in [6.07, 6.45) is 0. The fraction of sp³-hybridized carbons (Fsp3) is 0.130. The van der Waals surface area contributed by atoms with E-state index < -0.39 is 28.2 Å². The van der Waals surface area contributed by atoms with E-state index in [2.05, 4.69) is 0 Å². The van der Waals surface area contributed by atoms with Crippen LogP contribution in [0.15, 0.2) is 72.3 Å². The van der Waals surface area contributed by atoms with Crippen molar-refractivity contribution in [2.24, 2.45) is 0 Å². The van der Waals surface area contributed by atoms with Gasteiger partial charge in [0.1, 0.15) is 21.7 Å². The van der Waals surface area contributed by atoms with Gasteiger partial charge in [0.15, 0.2) is 5.75 Å². The zero-order valence-corrected chi connectivity index (χ0v) is 18.0. The van der Waals surface area contributed by atoms with Crippen LogP contribution < -0.4 is 11.2 Å². The number of nitrogens with zero attached hydrogens (tertiary/aromatic N) is 1. The van der Waals surface area contributed by atoms with Crippen molar-refractivity contribution < 1.29 is 13.9 Å². The van der Waals surface area contributed by atoms with Crippen LogP contribution in [0.4, 0.5) is 4.39 Å². The molecule has 5 nitrogen and oxygen atoms in total. The third-order valence-corrected chi connectivity index (χ3v) is 6.83. The topological polar surface area (TPSA) is 72.4 Å². The molecule has 4 aromatic rings. The summed E-state index contributed by atoms with van der Waals surface area (Å²) >= 11 is 7.01. The van der Waals surface area contributed by atoms with Crippen LogP contribution in [-0.2, 0) is 5.41 Å². The lowest BCUT2D eigenvalue weighted by Crippen LogP contribution is -2.24. The highest BCUT2D eigenvalue weighted by Crippen LogP contribution is 2.44. The van der Waals surface area contributed by atoms with Gasteiger partial charge in [-0.05, 0) is 42.0 Å². The molecule has 0 aliphatic carbocycles. The molecule has 3 heterocycles. The molecular weight excluding hydrogens is 441 g/mol. The van der Waals surface area contributed by atoms with Crippen molar-refractivity contribution in [2.75, 3.05) is 0 Å². The van der Waals surface area contributed by atoms with Gasteiger partial charge in [-0.15, -0.1) is 0 Å². The first-order valence-electron chi connectivity index (χ1n) is 9.38. The zero-order chi connectivity index (χ0) is 22.1. The Labute approximate surface area is 184 Å². The van der Waals surface area contributed by atoms with Crippen LogP contribution >= 0.6 is 23.4 Å². The summed E-state index contributed by atoms with van der Waals surface area (Å²) in [6, 6.07) is 12.4. The van der Waals surface area contributed by atoms with E-state index in [0.717, 1.165) is 17.3 Å². The predicted molar refractivity (Wildman–Crippen MR) is 117 cm³/mol. The van der Waals surface area contributed by atoms with Gasteiger partial charge in [0.05, 0.1) is 5.69 Å². The van der Waals surface area contributed by atoms with Crippen LogP contribution in [0.1, 0.15) is 25.1 Å². The van der Waals surface area contributed by atoms with Crippen molar-refractivity contribution in [3.8, 4) is 11.4 Å². The average molecular weight is 456 g/mol. The predicted octanol–water partition coefficient (Wildman–Crippen LogP) is 5.23. The largest absolute Gasteiger partial charge is 0.505 e. The highest BCUT2D eigenvalue weighted by molar-refractivity contribution is 7.99. The van der Waals surface area contributed by atoms with E-state index in [1.807, 2.05) is 13.8 Å². The maximum absolute atomic E-state index is 13.5. The molecule has 0 saturated carbocycles. The molecule has 1 aliphatic heterocycles. The smallest absolute Gasteiger partial charge is 0.354 e. The molecule has 0 saturated heterocycles. The molecule has 0 radical (unpaired) electrons. The molecule has 1 N–H and O–H groups in total. The number of aromatic nitrogens is 1. The fourth-order valence-corrected chi connectivity index (χ4v) is 5.07. The summed E-state index contributed by atoms with van der Waals surface area (Å²) < 4.78 is 20.5. The molecule has 2 aromatic heterocycles. The summed E-state index contributed by atoms with van der Waals surface area (Å²) in [5, 5.41) is 11.3. The lowest BCUT2D eigenvalue weighted by atomic mass is 9.83. The molecule has 2 aromatic carbocycles. The van der Waals surface area contributed by atoms with Crippen LogP contribution in [-0.4, -0.2) is 9.67 Å². The van der Waals surface area contributed by atoms with E-state index in [-0.39, 0.29) is 15.9 Å². The number of hydrogen-bond donors (Lipinski definition) is 1. The van der Waals surface area contributed by atoms with Crippen LogP contribution in [0.5, 0.6) is 5.75 Å². The molecule has 0 atom stereocenters. The van der Waals surface area contributed by atoms with E-state index >= 15 is 0 Å². The summed E-state index contributed by atoms with van der Waals surface area (Å²) in [5.74, 6) is -0.967. The Bertz CT molecular complexity index is 1520. The van der Waals surface area contributed by atoms with Crippen LogP contribution in [0.3, 0.4) is 0 Å². The molecular formula is C23H15ClFNO4S. The monoisotopic (exact) mass is 455 g/mol. The van der Waals surface area contributed by atoms with E-state index in [4.69, 9.17) is 16.0 Å². The minimum Gasteiger partial charge on any atom is -0.505 e. The first-order chi connectivity index (χ1) is 14.7. The highest BCUT2D eigenvalue weighted by atomic mass is 35.5. The van der Waals surface area contributed by atoms with E-state index in [1.54, 1.807) is 30.3 Å². The molecule has 5 rings (SSSR count). The van der Waals surface area contributed by atoms with Gasteiger partial charge in [-0.2, -0.15) is 0 Å². The third kappa shape index (κ3) is 2.91. The first kappa shape index (κ1) is 19.9. The lowest BCUT2D eigenvalue weighted by molar-refractivity contribution is 0.445. The molecule has 8 heteroatoms. The van der Waals surface area contributed by atoms with E-state index in [1.165, 1.54) is 22.8 Å². The molecule has 0 spiro atoms. The summed E-state index contributed by atoms with van der Waals surface area (Å²) in [7, 11) is 0. The quantitative estimate of drug-likeness (QED) is 0.448. The molecule has 1 aliphatic rings. The number of hydrogen-bond acceptors (Lipinski definition) is 5. The van der Waals surface area contributed by atoms with Crippen molar-refractivity contribution in [1.82, 2.24) is 4.57 Å². The number of pyridine rings is 1. The van der Waals surface area contributed by atoms with Gasteiger partial charge in [0.25, 0.3) is 5.56 Å². The Balaban J connectivity index is 1.80. The SMILES string of the molecule is CC1(C)c2cc(Cl)ccc2-n2c1cc1oc(=O)c(Sc3cccc(F)c3)c(O)c1c2=O. The minimum atomic E-state index is -0.806. The second kappa shape index (κ2) is 6.73. The summed E-state index contributed by atoms with van der Waals surface area (Å²) in [5.41, 5.74) is 0.231. The maximum atomic E-state index is 13.5. The van der Waals surface area contributed by atoms with Gasteiger partial charge in [-0.1, -0.05) is 43.3 Å². The van der Waals surface area contributed by atoms with Crippen molar-refractivity contribution in [2.45, 2.75) is 29.1 Å². The van der Waals surface area contributed by atoms with E-state index in [0.29, 0.717) is 21.3 Å². The Morgan fingerprint density at radius 2 is 1.90 bits per heavy atom. The summed E-state index contributed by atoms with van der Waals surface area (Å²) in [6.45, 7) is 3.89. The molecule has 0 amide bonds. The normalized spacial score (nSPS) is 13.9. The van der Waals surface area contributed by atoms with Crippen molar-refractivity contribution in [3.05, 3.63) is 91.4 Å². The van der Waals surface area contributed by atoms with Crippen molar-refractivity contribution in [1.29, 1.82) is 0 Å². The fourth-order valence-electron chi connectivity index (χ4n) is 4.02. The lowest BCUT2D eigenvalue weighted by Gasteiger charge is -2.20. The highest BCUT2D eigenvalue weighted by Gasteiger charge is 2.38. The van der Waals surface area contributed by atoms with Crippen LogP contribution in [0, 0.1) is 5.82 Å². The molecule has 0 unspecified atom stereocenters. The average Bonchev–Trinajstić information content (AvgIpc) is 2.92. The third-order valence-electron chi connectivity index (χ3n) is 5.54. The Morgan fingerprint density at radius 3 is 2.65 bits per heavy atom. The number of benzene rings is 2. The number of rotatable bonds is 2. The molecule has 156 valence electrons. The number of aromatic hydroxyl groups is 1. The van der Waals surface area contributed by atoms with E-state index in [9.17, 15) is 19.1 Å². The second-order valence-corrected chi connectivity index (χ2v) is 9.34. The van der Waals surface area contributed by atoms with Gasteiger partial charge < -0.3 is 9.52 Å². The Hall–Kier alpha value is -3.03. The van der Waals surface area contributed by atoms with Crippen LogP contribution in [0.25, 0.3) is 16.7 Å².